The summed E-state index contributed by atoms with van der Waals surface area (Å²) in [5.41, 5.74) is 0.821. The van der Waals surface area contributed by atoms with Crippen molar-refractivity contribution in [1.29, 1.82) is 5.26 Å². The third kappa shape index (κ3) is 4.23. The summed E-state index contributed by atoms with van der Waals surface area (Å²) in [6.45, 7) is 0. The van der Waals surface area contributed by atoms with E-state index in [0.717, 1.165) is 16.3 Å². The minimum absolute atomic E-state index is 0.0155. The number of thioether (sulfide) groups is 1. The van der Waals surface area contributed by atoms with Crippen LogP contribution < -0.4 is 5.32 Å². The van der Waals surface area contributed by atoms with E-state index in [-0.39, 0.29) is 10.9 Å². The van der Waals surface area contributed by atoms with Crippen molar-refractivity contribution in [3.63, 3.8) is 0 Å². The Morgan fingerprint density at radius 3 is 2.78 bits per heavy atom. The standard InChI is InChI=1S/C13H10F3N5OS/c1-21-11(13(14,15)16)19-20-12(21)23-7-10(22)18-9-4-2-3-8(5-9)6-17/h2-5H,7H2,1H3,(H,18,22). The summed E-state index contributed by atoms with van der Waals surface area (Å²) in [6.07, 6.45) is -4.60. The van der Waals surface area contributed by atoms with E-state index < -0.39 is 17.9 Å². The number of hydrogen-bond donors (Lipinski definition) is 1. The van der Waals surface area contributed by atoms with Gasteiger partial charge in [-0.05, 0) is 18.2 Å². The molecule has 6 nitrogen and oxygen atoms in total. The molecule has 1 heterocycles. The third-order valence-electron chi connectivity index (χ3n) is 2.70. The van der Waals surface area contributed by atoms with Crippen molar-refractivity contribution in [2.24, 2.45) is 7.05 Å². The summed E-state index contributed by atoms with van der Waals surface area (Å²) in [5.74, 6) is -1.69. The summed E-state index contributed by atoms with van der Waals surface area (Å²) in [4.78, 5) is 11.8. The first-order valence-corrected chi connectivity index (χ1v) is 7.19. The van der Waals surface area contributed by atoms with Crippen LogP contribution in [0, 0.1) is 11.3 Å². The molecule has 23 heavy (non-hydrogen) atoms. The lowest BCUT2D eigenvalue weighted by molar-refractivity contribution is -0.147. The van der Waals surface area contributed by atoms with Crippen LogP contribution in [0.2, 0.25) is 0 Å². The maximum atomic E-state index is 12.6. The molecule has 0 aliphatic carbocycles. The number of nitrogens with zero attached hydrogens (tertiary/aromatic N) is 4. The molecule has 1 aromatic heterocycles. The van der Waals surface area contributed by atoms with Crippen molar-refractivity contribution in [3.8, 4) is 6.07 Å². The Kier molecular flexibility index (Phi) is 4.90. The van der Waals surface area contributed by atoms with E-state index in [1.807, 2.05) is 6.07 Å². The minimum atomic E-state index is -4.60. The summed E-state index contributed by atoms with van der Waals surface area (Å²) < 4.78 is 38.5. The Morgan fingerprint density at radius 2 is 2.17 bits per heavy atom. The van der Waals surface area contributed by atoms with Crippen molar-refractivity contribution >= 4 is 23.4 Å². The van der Waals surface area contributed by atoms with Gasteiger partial charge in [-0.15, -0.1) is 10.2 Å². The highest BCUT2D eigenvalue weighted by Crippen LogP contribution is 2.29. The van der Waals surface area contributed by atoms with Gasteiger partial charge in [0.2, 0.25) is 11.7 Å². The molecule has 1 N–H and O–H groups in total. The number of nitrogens with one attached hydrogen (secondary N) is 1. The third-order valence-corrected chi connectivity index (χ3v) is 3.72. The Labute approximate surface area is 133 Å². The number of carbonyl (C=O) groups excluding carboxylic acids is 1. The predicted molar refractivity (Wildman–Crippen MR) is 76.5 cm³/mol. The van der Waals surface area contributed by atoms with E-state index in [1.54, 1.807) is 18.2 Å². The molecular weight excluding hydrogens is 331 g/mol. The number of benzene rings is 1. The Morgan fingerprint density at radius 1 is 1.43 bits per heavy atom. The zero-order chi connectivity index (χ0) is 17.0. The van der Waals surface area contributed by atoms with Crippen LogP contribution in [0.3, 0.4) is 0 Å². The minimum Gasteiger partial charge on any atom is -0.325 e. The van der Waals surface area contributed by atoms with Crippen LogP contribution in [0.25, 0.3) is 0 Å². The number of alkyl halides is 3. The first kappa shape index (κ1) is 16.8. The number of amides is 1. The highest BCUT2D eigenvalue weighted by Gasteiger charge is 2.37. The molecule has 0 saturated heterocycles. The Hall–Kier alpha value is -2.54. The molecule has 2 rings (SSSR count). The van der Waals surface area contributed by atoms with Gasteiger partial charge in [-0.25, -0.2) is 0 Å². The molecule has 0 aliphatic rings. The van der Waals surface area contributed by atoms with E-state index in [2.05, 4.69) is 15.5 Å². The highest BCUT2D eigenvalue weighted by atomic mass is 32.2. The molecule has 2 aromatic rings. The van der Waals surface area contributed by atoms with Crippen LogP contribution >= 0.6 is 11.8 Å². The van der Waals surface area contributed by atoms with Crippen LogP contribution in [0.15, 0.2) is 29.4 Å². The summed E-state index contributed by atoms with van der Waals surface area (Å²) >= 11 is 0.834. The molecule has 0 saturated carbocycles. The molecule has 1 aromatic carbocycles. The smallest absolute Gasteiger partial charge is 0.325 e. The van der Waals surface area contributed by atoms with E-state index in [0.29, 0.717) is 11.3 Å². The lowest BCUT2D eigenvalue weighted by Crippen LogP contribution is -2.15. The molecular formula is C13H10F3N5OS. The predicted octanol–water partition coefficient (Wildman–Crippen LogP) is 2.44. The maximum Gasteiger partial charge on any atom is 0.451 e. The van der Waals surface area contributed by atoms with Gasteiger partial charge < -0.3 is 9.88 Å². The molecule has 0 bridgehead atoms. The molecule has 0 atom stereocenters. The Balaban J connectivity index is 1.97. The number of anilines is 1. The van der Waals surface area contributed by atoms with Gasteiger partial charge in [0.1, 0.15) is 0 Å². The zero-order valence-corrected chi connectivity index (χ0v) is 12.6. The molecule has 0 unspecified atom stereocenters. The first-order chi connectivity index (χ1) is 10.8. The van der Waals surface area contributed by atoms with Gasteiger partial charge in [0.05, 0.1) is 17.4 Å². The molecule has 0 fully saturated rings. The van der Waals surface area contributed by atoms with Gasteiger partial charge in [-0.1, -0.05) is 17.8 Å². The zero-order valence-electron chi connectivity index (χ0n) is 11.8. The topological polar surface area (TPSA) is 83.6 Å². The fraction of sp³-hybridized carbons (Fsp3) is 0.231. The number of halogens is 3. The van der Waals surface area contributed by atoms with Gasteiger partial charge in [0.15, 0.2) is 5.16 Å². The van der Waals surface area contributed by atoms with Crippen molar-refractivity contribution < 1.29 is 18.0 Å². The van der Waals surface area contributed by atoms with Crippen LogP contribution in [0.1, 0.15) is 11.4 Å². The molecule has 0 radical (unpaired) electrons. The fourth-order valence-corrected chi connectivity index (χ4v) is 2.39. The van der Waals surface area contributed by atoms with Crippen molar-refractivity contribution in [2.75, 3.05) is 11.1 Å². The SMILES string of the molecule is Cn1c(SCC(=O)Nc2cccc(C#N)c2)nnc1C(F)(F)F. The van der Waals surface area contributed by atoms with Crippen LogP contribution in [-0.2, 0) is 18.0 Å². The lowest BCUT2D eigenvalue weighted by Gasteiger charge is -2.07. The summed E-state index contributed by atoms with van der Waals surface area (Å²) in [7, 11) is 1.18. The van der Waals surface area contributed by atoms with E-state index in [9.17, 15) is 18.0 Å². The van der Waals surface area contributed by atoms with E-state index in [1.165, 1.54) is 13.1 Å². The number of nitriles is 1. The van der Waals surface area contributed by atoms with Crippen LogP contribution in [-0.4, -0.2) is 26.4 Å². The molecule has 1 amide bonds. The second kappa shape index (κ2) is 6.70. The average Bonchev–Trinajstić information content (AvgIpc) is 2.86. The first-order valence-electron chi connectivity index (χ1n) is 6.20. The van der Waals surface area contributed by atoms with E-state index in [4.69, 9.17) is 5.26 Å². The summed E-state index contributed by atoms with van der Waals surface area (Å²) in [5, 5.41) is 17.8. The molecule has 0 aliphatic heterocycles. The maximum absolute atomic E-state index is 12.6. The molecule has 0 spiro atoms. The number of hydrogen-bond acceptors (Lipinski definition) is 5. The largest absolute Gasteiger partial charge is 0.451 e. The Bertz CT molecular complexity index is 766. The van der Waals surface area contributed by atoms with Gasteiger partial charge in [-0.3, -0.25) is 4.79 Å². The molecule has 120 valence electrons. The number of rotatable bonds is 4. The average molecular weight is 341 g/mol. The highest BCUT2D eigenvalue weighted by molar-refractivity contribution is 7.99. The van der Waals surface area contributed by atoms with Gasteiger partial charge in [-0.2, -0.15) is 18.4 Å². The van der Waals surface area contributed by atoms with Crippen molar-refractivity contribution in [3.05, 3.63) is 35.7 Å². The fourth-order valence-electron chi connectivity index (χ4n) is 1.68. The number of aromatic nitrogens is 3. The monoisotopic (exact) mass is 341 g/mol. The van der Waals surface area contributed by atoms with Crippen LogP contribution in [0.5, 0.6) is 0 Å². The number of carbonyl (C=O) groups is 1. The molecule has 10 heteroatoms. The lowest BCUT2D eigenvalue weighted by atomic mass is 10.2. The van der Waals surface area contributed by atoms with Crippen molar-refractivity contribution in [1.82, 2.24) is 14.8 Å². The van der Waals surface area contributed by atoms with Crippen molar-refractivity contribution in [2.45, 2.75) is 11.3 Å². The second-order valence-corrected chi connectivity index (χ2v) is 5.33. The van der Waals surface area contributed by atoms with E-state index >= 15 is 0 Å². The van der Waals surface area contributed by atoms with Gasteiger partial charge in [0.25, 0.3) is 0 Å². The summed E-state index contributed by atoms with van der Waals surface area (Å²) in [6, 6.07) is 8.23. The van der Waals surface area contributed by atoms with Crippen LogP contribution in [0.4, 0.5) is 18.9 Å². The van der Waals surface area contributed by atoms with Gasteiger partial charge in [0, 0.05) is 12.7 Å². The second-order valence-electron chi connectivity index (χ2n) is 4.39. The quantitative estimate of drug-likeness (QED) is 0.864. The normalized spacial score (nSPS) is 11.1. The van der Waals surface area contributed by atoms with Gasteiger partial charge >= 0.3 is 6.18 Å².